The number of carboxylic acid groups (broad SMARTS) is 1. The number of amides is 1. The molecule has 0 aliphatic rings. The number of hydrogen-bond donors (Lipinski definition) is 2. The molecule has 0 aromatic carbocycles. The normalized spacial score (nSPS) is 12.9. The lowest BCUT2D eigenvalue weighted by Gasteiger charge is -2.27. The summed E-state index contributed by atoms with van der Waals surface area (Å²) in [6, 6.07) is -0.0579. The molecule has 0 aliphatic carbocycles. The van der Waals surface area contributed by atoms with Gasteiger partial charge in [-0.3, -0.25) is 9.78 Å². The fourth-order valence-electron chi connectivity index (χ4n) is 1.40. The summed E-state index contributed by atoms with van der Waals surface area (Å²) < 4.78 is 12.9. The van der Waals surface area contributed by atoms with Crippen LogP contribution < -0.4 is 5.32 Å². The number of carboxylic acids is 1. The number of hydrogen-bond acceptors (Lipinski definition) is 3. The predicted octanol–water partition coefficient (Wildman–Crippen LogP) is 1.45. The molecule has 0 fully saturated rings. The Morgan fingerprint density at radius 1 is 1.39 bits per heavy atom. The van der Waals surface area contributed by atoms with E-state index < -0.39 is 29.2 Å². The van der Waals surface area contributed by atoms with E-state index in [0.29, 0.717) is 0 Å². The van der Waals surface area contributed by atoms with Crippen molar-refractivity contribution in [2.45, 2.75) is 26.8 Å². The molecule has 1 amide bonds. The maximum Gasteiger partial charge on any atom is 0.326 e. The number of aliphatic carboxylic acids is 1. The van der Waals surface area contributed by atoms with Crippen molar-refractivity contribution in [3.05, 3.63) is 29.8 Å². The van der Waals surface area contributed by atoms with E-state index in [1.807, 2.05) is 0 Å². The molecule has 2 N–H and O–H groups in total. The van der Waals surface area contributed by atoms with Crippen molar-refractivity contribution in [1.29, 1.82) is 0 Å². The molecule has 6 heteroatoms. The third kappa shape index (κ3) is 3.51. The summed E-state index contributed by atoms with van der Waals surface area (Å²) in [7, 11) is 0. The maximum atomic E-state index is 12.9. The maximum absolute atomic E-state index is 12.9. The Hall–Kier alpha value is -1.98. The van der Waals surface area contributed by atoms with E-state index in [-0.39, 0.29) is 5.56 Å². The number of carbonyl (C=O) groups excluding carboxylic acids is 1. The first-order chi connectivity index (χ1) is 8.21. The molecular weight excluding hydrogens is 239 g/mol. The van der Waals surface area contributed by atoms with Gasteiger partial charge in [0, 0.05) is 6.20 Å². The van der Waals surface area contributed by atoms with E-state index in [9.17, 15) is 14.0 Å². The zero-order valence-electron chi connectivity index (χ0n) is 10.4. The van der Waals surface area contributed by atoms with Crippen LogP contribution in [0.1, 0.15) is 31.1 Å². The molecule has 1 rings (SSSR count). The van der Waals surface area contributed by atoms with Gasteiger partial charge in [0.05, 0.1) is 11.8 Å². The fourth-order valence-corrected chi connectivity index (χ4v) is 1.40. The number of nitrogens with zero attached hydrogens (tertiary/aromatic N) is 1. The topological polar surface area (TPSA) is 79.3 Å². The van der Waals surface area contributed by atoms with Crippen molar-refractivity contribution in [3.8, 4) is 0 Å². The van der Waals surface area contributed by atoms with Gasteiger partial charge in [-0.25, -0.2) is 9.18 Å². The molecule has 0 saturated heterocycles. The Morgan fingerprint density at radius 3 is 2.44 bits per heavy atom. The Morgan fingerprint density at radius 2 is 2.00 bits per heavy atom. The van der Waals surface area contributed by atoms with Crippen molar-refractivity contribution in [3.63, 3.8) is 0 Å². The second-order valence-corrected chi connectivity index (χ2v) is 5.00. The number of nitrogens with one attached hydrogen (secondary N) is 1. The van der Waals surface area contributed by atoms with Crippen molar-refractivity contribution >= 4 is 11.9 Å². The van der Waals surface area contributed by atoms with Crippen LogP contribution in [0.5, 0.6) is 0 Å². The predicted molar refractivity (Wildman–Crippen MR) is 62.5 cm³/mol. The third-order valence-electron chi connectivity index (χ3n) is 2.36. The lowest BCUT2D eigenvalue weighted by atomic mass is 9.86. The minimum Gasteiger partial charge on any atom is -0.480 e. The minimum absolute atomic E-state index is 0.00880. The van der Waals surface area contributed by atoms with Crippen LogP contribution in [0.25, 0.3) is 0 Å². The summed E-state index contributed by atoms with van der Waals surface area (Å²) in [4.78, 5) is 26.4. The van der Waals surface area contributed by atoms with Gasteiger partial charge in [0.25, 0.3) is 5.91 Å². The highest BCUT2D eigenvalue weighted by Crippen LogP contribution is 2.19. The molecule has 0 spiro atoms. The SMILES string of the molecule is CC(C)(C)[C@@H](NC(=O)c1cncc(F)c1)C(=O)O. The van der Waals surface area contributed by atoms with E-state index >= 15 is 0 Å². The molecule has 0 unspecified atom stereocenters. The monoisotopic (exact) mass is 254 g/mol. The summed E-state index contributed by atoms with van der Waals surface area (Å²) in [6.07, 6.45) is 2.15. The molecule has 1 aromatic rings. The van der Waals surface area contributed by atoms with Gasteiger partial charge in [0.1, 0.15) is 11.9 Å². The first-order valence-corrected chi connectivity index (χ1v) is 5.36. The Kier molecular flexibility index (Phi) is 4.00. The summed E-state index contributed by atoms with van der Waals surface area (Å²) in [5.41, 5.74) is -0.659. The number of carbonyl (C=O) groups is 2. The average molecular weight is 254 g/mol. The smallest absolute Gasteiger partial charge is 0.326 e. The van der Waals surface area contributed by atoms with Crippen molar-refractivity contribution in [2.24, 2.45) is 5.41 Å². The summed E-state index contributed by atoms with van der Waals surface area (Å²) in [6.45, 7) is 5.07. The van der Waals surface area contributed by atoms with Crippen LogP contribution in [0.2, 0.25) is 0 Å². The van der Waals surface area contributed by atoms with E-state index in [4.69, 9.17) is 5.11 Å². The molecule has 0 radical (unpaired) electrons. The lowest BCUT2D eigenvalue weighted by Crippen LogP contribution is -2.49. The summed E-state index contributed by atoms with van der Waals surface area (Å²) in [5.74, 6) is -2.45. The van der Waals surface area contributed by atoms with Crippen LogP contribution in [0, 0.1) is 11.2 Å². The molecule has 0 bridgehead atoms. The number of aromatic nitrogens is 1. The molecule has 98 valence electrons. The lowest BCUT2D eigenvalue weighted by molar-refractivity contribution is -0.142. The highest BCUT2D eigenvalue weighted by Gasteiger charge is 2.32. The molecule has 1 atom stereocenters. The van der Waals surface area contributed by atoms with Crippen LogP contribution in [-0.4, -0.2) is 28.0 Å². The van der Waals surface area contributed by atoms with Gasteiger partial charge < -0.3 is 10.4 Å². The quantitative estimate of drug-likeness (QED) is 0.855. The van der Waals surface area contributed by atoms with E-state index in [1.165, 1.54) is 6.20 Å². The fraction of sp³-hybridized carbons (Fsp3) is 0.417. The number of halogens is 1. The van der Waals surface area contributed by atoms with Crippen molar-refractivity contribution < 1.29 is 19.1 Å². The molecule has 5 nitrogen and oxygen atoms in total. The Balaban J connectivity index is 2.89. The third-order valence-corrected chi connectivity index (χ3v) is 2.36. The van der Waals surface area contributed by atoms with E-state index in [1.54, 1.807) is 20.8 Å². The van der Waals surface area contributed by atoms with E-state index in [0.717, 1.165) is 12.3 Å². The van der Waals surface area contributed by atoms with Crippen LogP contribution in [0.4, 0.5) is 4.39 Å². The van der Waals surface area contributed by atoms with Crippen LogP contribution >= 0.6 is 0 Å². The highest BCUT2D eigenvalue weighted by molar-refractivity contribution is 5.96. The zero-order valence-corrected chi connectivity index (χ0v) is 10.4. The molecule has 1 aromatic heterocycles. The first-order valence-electron chi connectivity index (χ1n) is 5.36. The van der Waals surface area contributed by atoms with Gasteiger partial charge in [-0.15, -0.1) is 0 Å². The van der Waals surface area contributed by atoms with Gasteiger partial charge in [-0.2, -0.15) is 0 Å². The standard InChI is InChI=1S/C12H15FN2O3/c1-12(2,3)9(11(17)18)15-10(16)7-4-8(13)6-14-5-7/h4-6,9H,1-3H3,(H,15,16)(H,17,18)/t9-/m0/s1. The van der Waals surface area contributed by atoms with Crippen molar-refractivity contribution in [2.75, 3.05) is 0 Å². The van der Waals surface area contributed by atoms with Crippen LogP contribution in [0.3, 0.4) is 0 Å². The van der Waals surface area contributed by atoms with Crippen LogP contribution in [0.15, 0.2) is 18.5 Å². The molecule has 18 heavy (non-hydrogen) atoms. The van der Waals surface area contributed by atoms with Crippen LogP contribution in [-0.2, 0) is 4.79 Å². The zero-order chi connectivity index (χ0) is 13.9. The molecular formula is C12H15FN2O3. The summed E-state index contributed by atoms with van der Waals surface area (Å²) >= 11 is 0. The van der Waals surface area contributed by atoms with Gasteiger partial charge in [-0.05, 0) is 11.5 Å². The van der Waals surface area contributed by atoms with Gasteiger partial charge in [0.2, 0.25) is 0 Å². The Bertz CT molecular complexity index is 469. The summed E-state index contributed by atoms with van der Waals surface area (Å²) in [5, 5.41) is 11.4. The minimum atomic E-state index is -1.14. The number of pyridine rings is 1. The number of rotatable bonds is 3. The average Bonchev–Trinajstić information content (AvgIpc) is 2.23. The molecule has 0 saturated carbocycles. The van der Waals surface area contributed by atoms with Gasteiger partial charge in [-0.1, -0.05) is 20.8 Å². The van der Waals surface area contributed by atoms with E-state index in [2.05, 4.69) is 10.3 Å². The largest absolute Gasteiger partial charge is 0.480 e. The second kappa shape index (κ2) is 5.12. The van der Waals surface area contributed by atoms with Gasteiger partial charge >= 0.3 is 5.97 Å². The Labute approximate surface area is 104 Å². The van der Waals surface area contributed by atoms with Crippen molar-refractivity contribution in [1.82, 2.24) is 10.3 Å². The molecule has 1 heterocycles. The highest BCUT2D eigenvalue weighted by atomic mass is 19.1. The second-order valence-electron chi connectivity index (χ2n) is 5.00. The first kappa shape index (κ1) is 14.1. The van der Waals surface area contributed by atoms with Gasteiger partial charge in [0.15, 0.2) is 0 Å². The molecule has 0 aliphatic heterocycles.